The van der Waals surface area contributed by atoms with Crippen LogP contribution in [0.1, 0.15) is 18.1 Å². The Morgan fingerprint density at radius 1 is 1.43 bits per heavy atom. The molecule has 0 aromatic carbocycles. The molecule has 0 aliphatic rings. The van der Waals surface area contributed by atoms with Crippen LogP contribution in [0.25, 0.3) is 0 Å². The van der Waals surface area contributed by atoms with Gasteiger partial charge >= 0.3 is 0 Å². The molecular weight excluding hydrogens is 202 g/mol. The average Bonchev–Trinajstić information content (AvgIpc) is 2.14. The third kappa shape index (κ3) is 3.43. The van der Waals surface area contributed by atoms with Gasteiger partial charge in [0.2, 0.25) is 0 Å². The Hall–Kier alpha value is -0.940. The molecule has 0 atom stereocenters. The number of aryl methyl sites for hydroxylation is 1. The van der Waals surface area contributed by atoms with Gasteiger partial charge < -0.3 is 0 Å². The molecule has 0 N–H and O–H groups in total. The molecule has 1 aromatic rings. The quantitative estimate of drug-likeness (QED) is 0.706. The van der Waals surface area contributed by atoms with E-state index in [9.17, 15) is 8.42 Å². The summed E-state index contributed by atoms with van der Waals surface area (Å²) in [5.74, 6) is 0. The van der Waals surface area contributed by atoms with Crippen molar-refractivity contribution in [1.29, 1.82) is 0 Å². The monoisotopic (exact) mass is 215 g/mol. The summed E-state index contributed by atoms with van der Waals surface area (Å²) >= 11 is 0. The molecule has 5 heteroatoms. The maximum Gasteiger partial charge on any atom is 0.264 e. The van der Waals surface area contributed by atoms with Crippen molar-refractivity contribution in [3.8, 4) is 0 Å². The summed E-state index contributed by atoms with van der Waals surface area (Å²) in [4.78, 5) is 3.96. The van der Waals surface area contributed by atoms with Crippen LogP contribution in [0.5, 0.6) is 0 Å². The number of hydrogen-bond acceptors (Lipinski definition) is 4. The maximum absolute atomic E-state index is 10.8. The van der Waals surface area contributed by atoms with Crippen molar-refractivity contribution in [1.82, 2.24) is 4.98 Å². The zero-order valence-electron chi connectivity index (χ0n) is 8.23. The smallest absolute Gasteiger partial charge is 0.264 e. The van der Waals surface area contributed by atoms with Gasteiger partial charge in [-0.1, -0.05) is 6.92 Å². The maximum atomic E-state index is 10.8. The molecule has 0 unspecified atom stereocenters. The highest BCUT2D eigenvalue weighted by Crippen LogP contribution is 2.09. The molecule has 4 nitrogen and oxygen atoms in total. The molecule has 0 bridgehead atoms. The van der Waals surface area contributed by atoms with E-state index in [0.717, 1.165) is 23.8 Å². The van der Waals surface area contributed by atoms with E-state index in [1.807, 2.05) is 6.92 Å². The third-order valence-electron chi connectivity index (χ3n) is 1.81. The fourth-order valence-electron chi connectivity index (χ4n) is 1.09. The Morgan fingerprint density at radius 2 is 2.14 bits per heavy atom. The zero-order valence-corrected chi connectivity index (χ0v) is 9.04. The van der Waals surface area contributed by atoms with Gasteiger partial charge in [-0.05, 0) is 23.6 Å². The molecular formula is C9H13NO3S. The van der Waals surface area contributed by atoms with E-state index in [1.54, 1.807) is 18.5 Å². The van der Waals surface area contributed by atoms with Crippen LogP contribution in [-0.4, -0.2) is 19.7 Å². The van der Waals surface area contributed by atoms with Crippen molar-refractivity contribution in [3.63, 3.8) is 0 Å². The van der Waals surface area contributed by atoms with Gasteiger partial charge in [-0.25, -0.2) is 0 Å². The van der Waals surface area contributed by atoms with Gasteiger partial charge in [0.15, 0.2) is 0 Å². The molecule has 0 saturated carbocycles. The molecule has 14 heavy (non-hydrogen) atoms. The Labute approximate surface area is 84.1 Å². The van der Waals surface area contributed by atoms with Gasteiger partial charge in [0.05, 0.1) is 12.9 Å². The molecule has 1 rings (SSSR count). The third-order valence-corrected chi connectivity index (χ3v) is 2.36. The van der Waals surface area contributed by atoms with E-state index in [-0.39, 0.29) is 6.61 Å². The first-order valence-corrected chi connectivity index (χ1v) is 6.10. The lowest BCUT2D eigenvalue weighted by atomic mass is 10.1. The summed E-state index contributed by atoms with van der Waals surface area (Å²) in [6, 6.07) is 1.77. The second-order valence-electron chi connectivity index (χ2n) is 2.96. The van der Waals surface area contributed by atoms with Crippen LogP contribution >= 0.6 is 0 Å². The van der Waals surface area contributed by atoms with Gasteiger partial charge in [0.25, 0.3) is 10.1 Å². The van der Waals surface area contributed by atoms with Gasteiger partial charge in [-0.2, -0.15) is 8.42 Å². The lowest BCUT2D eigenvalue weighted by molar-refractivity contribution is 0.310. The minimum Gasteiger partial charge on any atom is -0.265 e. The van der Waals surface area contributed by atoms with E-state index in [0.29, 0.717) is 0 Å². The molecule has 78 valence electrons. The van der Waals surface area contributed by atoms with Crippen molar-refractivity contribution in [2.75, 3.05) is 6.26 Å². The topological polar surface area (TPSA) is 56.3 Å². The van der Waals surface area contributed by atoms with Crippen LogP contribution in [0.4, 0.5) is 0 Å². The van der Waals surface area contributed by atoms with Crippen LogP contribution in [0, 0.1) is 0 Å². The molecule has 1 heterocycles. The van der Waals surface area contributed by atoms with E-state index in [1.165, 1.54) is 0 Å². The highest BCUT2D eigenvalue weighted by Gasteiger charge is 2.05. The summed E-state index contributed by atoms with van der Waals surface area (Å²) in [6.07, 6.45) is 5.21. The number of nitrogens with zero attached hydrogens (tertiary/aromatic N) is 1. The summed E-state index contributed by atoms with van der Waals surface area (Å²) in [6.45, 7) is 2.07. The Bertz CT molecular complexity index is 400. The van der Waals surface area contributed by atoms with E-state index < -0.39 is 10.1 Å². The molecule has 0 saturated heterocycles. The normalized spacial score (nSPS) is 11.6. The number of rotatable bonds is 4. The van der Waals surface area contributed by atoms with Crippen LogP contribution < -0.4 is 0 Å². The summed E-state index contributed by atoms with van der Waals surface area (Å²) in [5.41, 5.74) is 1.88. The first-order valence-electron chi connectivity index (χ1n) is 4.29. The van der Waals surface area contributed by atoms with Gasteiger partial charge in [-0.15, -0.1) is 0 Å². The predicted octanol–water partition coefficient (Wildman–Crippen LogP) is 1.12. The molecule has 0 amide bonds. The first kappa shape index (κ1) is 11.1. The van der Waals surface area contributed by atoms with Gasteiger partial charge in [-0.3, -0.25) is 9.17 Å². The molecule has 0 aliphatic carbocycles. The lowest BCUT2D eigenvalue weighted by Gasteiger charge is -2.05. The van der Waals surface area contributed by atoms with Crippen molar-refractivity contribution in [2.24, 2.45) is 0 Å². The Morgan fingerprint density at radius 3 is 2.71 bits per heavy atom. The zero-order chi connectivity index (χ0) is 10.6. The highest BCUT2D eigenvalue weighted by molar-refractivity contribution is 7.85. The van der Waals surface area contributed by atoms with Crippen LogP contribution in [-0.2, 0) is 27.3 Å². The van der Waals surface area contributed by atoms with E-state index in [2.05, 4.69) is 4.98 Å². The molecule has 1 aromatic heterocycles. The minimum absolute atomic E-state index is 0.0878. The van der Waals surface area contributed by atoms with Crippen LogP contribution in [0.3, 0.4) is 0 Å². The minimum atomic E-state index is -3.37. The van der Waals surface area contributed by atoms with Crippen LogP contribution in [0.15, 0.2) is 18.5 Å². The second-order valence-corrected chi connectivity index (χ2v) is 4.61. The largest absolute Gasteiger partial charge is 0.265 e. The Balaban J connectivity index is 2.76. The van der Waals surface area contributed by atoms with Crippen molar-refractivity contribution < 1.29 is 12.6 Å². The SMILES string of the molecule is CCc1cnccc1COS(C)(=O)=O. The van der Waals surface area contributed by atoms with Gasteiger partial charge in [0, 0.05) is 12.4 Å². The summed E-state index contributed by atoms with van der Waals surface area (Å²) < 4.78 is 26.2. The van der Waals surface area contributed by atoms with E-state index in [4.69, 9.17) is 4.18 Å². The summed E-state index contributed by atoms with van der Waals surface area (Å²) in [5, 5.41) is 0. The van der Waals surface area contributed by atoms with Crippen molar-refractivity contribution in [3.05, 3.63) is 29.6 Å². The summed E-state index contributed by atoms with van der Waals surface area (Å²) in [7, 11) is -3.37. The number of hydrogen-bond donors (Lipinski definition) is 0. The molecule has 0 radical (unpaired) electrons. The van der Waals surface area contributed by atoms with Gasteiger partial charge in [0.1, 0.15) is 0 Å². The molecule has 0 aliphatic heterocycles. The van der Waals surface area contributed by atoms with Crippen LogP contribution in [0.2, 0.25) is 0 Å². The number of aromatic nitrogens is 1. The second kappa shape index (κ2) is 4.52. The van der Waals surface area contributed by atoms with Crippen molar-refractivity contribution >= 4 is 10.1 Å². The lowest BCUT2D eigenvalue weighted by Crippen LogP contribution is -2.04. The molecule has 0 fully saturated rings. The average molecular weight is 215 g/mol. The predicted molar refractivity (Wildman–Crippen MR) is 53.2 cm³/mol. The molecule has 0 spiro atoms. The fraction of sp³-hybridized carbons (Fsp3) is 0.444. The standard InChI is InChI=1S/C9H13NO3S/c1-3-8-6-10-5-4-9(8)7-13-14(2,11)12/h4-6H,3,7H2,1-2H3. The van der Waals surface area contributed by atoms with Crippen molar-refractivity contribution in [2.45, 2.75) is 20.0 Å². The first-order chi connectivity index (χ1) is 6.53. The highest BCUT2D eigenvalue weighted by atomic mass is 32.2. The Kier molecular flexibility index (Phi) is 3.60. The number of pyridine rings is 1. The fourth-order valence-corrected chi connectivity index (χ4v) is 1.43. The van der Waals surface area contributed by atoms with E-state index >= 15 is 0 Å².